The maximum absolute atomic E-state index is 9.45. The molecule has 1 heterocycles. The molecule has 0 aliphatic carbocycles. The molecule has 0 atom stereocenters. The minimum absolute atomic E-state index is 0.107. The number of hydrogen-bond donors (Lipinski definition) is 1. The molecule has 0 saturated heterocycles. The Labute approximate surface area is 154 Å². The number of benzene rings is 2. The van der Waals surface area contributed by atoms with Crippen molar-refractivity contribution in [2.75, 3.05) is 5.73 Å². The highest BCUT2D eigenvalue weighted by Gasteiger charge is 2.15. The van der Waals surface area contributed by atoms with Gasteiger partial charge in [0.25, 0.3) is 0 Å². The highest BCUT2D eigenvalue weighted by molar-refractivity contribution is 6.35. The zero-order chi connectivity index (χ0) is 18.0. The number of nitrogens with zero attached hydrogens (tertiary/aromatic N) is 3. The standard InChI is InChI=1S/C19H10Cl2N4/c20-13-5-6-17(21)15(7-13)18-8-14(16(10-23)19(24)25-18)12-3-1-11(9-22)2-4-12/h1-8H,(H2,24,25). The van der Waals surface area contributed by atoms with E-state index >= 15 is 0 Å². The zero-order valence-electron chi connectivity index (χ0n) is 12.8. The van der Waals surface area contributed by atoms with Crippen molar-refractivity contribution >= 4 is 29.0 Å². The van der Waals surface area contributed by atoms with Gasteiger partial charge in [-0.05, 0) is 42.0 Å². The van der Waals surface area contributed by atoms with Crippen molar-refractivity contribution in [3.8, 4) is 34.5 Å². The first-order valence-corrected chi connectivity index (χ1v) is 7.95. The van der Waals surface area contributed by atoms with E-state index in [-0.39, 0.29) is 11.4 Å². The van der Waals surface area contributed by atoms with Gasteiger partial charge in [-0.25, -0.2) is 4.98 Å². The van der Waals surface area contributed by atoms with Crippen LogP contribution in [0.4, 0.5) is 5.82 Å². The average molecular weight is 365 g/mol. The lowest BCUT2D eigenvalue weighted by Crippen LogP contribution is -2.00. The van der Waals surface area contributed by atoms with Gasteiger partial charge in [-0.15, -0.1) is 0 Å². The van der Waals surface area contributed by atoms with E-state index in [9.17, 15) is 5.26 Å². The first-order chi connectivity index (χ1) is 12.0. The van der Waals surface area contributed by atoms with E-state index in [1.165, 1.54) is 0 Å². The first-order valence-electron chi connectivity index (χ1n) is 7.20. The van der Waals surface area contributed by atoms with Gasteiger partial charge in [0.05, 0.1) is 22.3 Å². The van der Waals surface area contributed by atoms with Crippen molar-refractivity contribution in [1.82, 2.24) is 4.98 Å². The molecule has 120 valence electrons. The number of nitrogen functional groups attached to an aromatic ring is 1. The summed E-state index contributed by atoms with van der Waals surface area (Å²) in [6, 6.07) is 17.8. The Bertz CT molecular complexity index is 1040. The molecule has 25 heavy (non-hydrogen) atoms. The molecule has 0 bridgehead atoms. The van der Waals surface area contributed by atoms with Crippen LogP contribution in [0.1, 0.15) is 11.1 Å². The van der Waals surface area contributed by atoms with Crippen molar-refractivity contribution in [1.29, 1.82) is 10.5 Å². The Balaban J connectivity index is 2.24. The summed E-state index contributed by atoms with van der Waals surface area (Å²) in [5.74, 6) is 0.107. The van der Waals surface area contributed by atoms with Crippen LogP contribution in [0.5, 0.6) is 0 Å². The maximum atomic E-state index is 9.45. The van der Waals surface area contributed by atoms with Crippen molar-refractivity contribution in [2.45, 2.75) is 0 Å². The number of aromatic nitrogens is 1. The Hall–Kier alpha value is -3.05. The van der Waals surface area contributed by atoms with E-state index in [4.69, 9.17) is 34.2 Å². The molecule has 4 nitrogen and oxygen atoms in total. The third kappa shape index (κ3) is 3.27. The number of hydrogen-bond acceptors (Lipinski definition) is 4. The van der Waals surface area contributed by atoms with Crippen LogP contribution in [0.15, 0.2) is 48.5 Å². The number of rotatable bonds is 2. The van der Waals surface area contributed by atoms with Crippen LogP contribution >= 0.6 is 23.2 Å². The summed E-state index contributed by atoms with van der Waals surface area (Å²) in [6.45, 7) is 0. The van der Waals surface area contributed by atoms with Gasteiger partial charge in [-0.1, -0.05) is 35.3 Å². The van der Waals surface area contributed by atoms with Gasteiger partial charge in [-0.3, -0.25) is 0 Å². The fourth-order valence-corrected chi connectivity index (χ4v) is 2.85. The Morgan fingerprint density at radius 3 is 2.24 bits per heavy atom. The van der Waals surface area contributed by atoms with E-state index < -0.39 is 0 Å². The predicted octanol–water partition coefficient (Wildman–Crippen LogP) is 5.05. The molecule has 2 N–H and O–H groups in total. The molecule has 3 aromatic rings. The van der Waals surface area contributed by atoms with Crippen LogP contribution in [0.25, 0.3) is 22.4 Å². The summed E-state index contributed by atoms with van der Waals surface area (Å²) in [7, 11) is 0. The highest BCUT2D eigenvalue weighted by Crippen LogP contribution is 2.35. The second-order valence-corrected chi connectivity index (χ2v) is 6.08. The van der Waals surface area contributed by atoms with E-state index in [2.05, 4.69) is 17.1 Å². The van der Waals surface area contributed by atoms with Crippen LogP contribution in [0.2, 0.25) is 10.0 Å². The molecule has 3 rings (SSSR count). The molecule has 0 aliphatic heterocycles. The highest BCUT2D eigenvalue weighted by atomic mass is 35.5. The van der Waals surface area contributed by atoms with Gasteiger partial charge in [0, 0.05) is 16.1 Å². The van der Waals surface area contributed by atoms with Crippen molar-refractivity contribution in [3.63, 3.8) is 0 Å². The number of pyridine rings is 1. The van der Waals surface area contributed by atoms with E-state index in [1.807, 2.05) is 0 Å². The van der Waals surface area contributed by atoms with E-state index in [0.717, 1.165) is 5.56 Å². The maximum Gasteiger partial charge on any atom is 0.142 e. The number of nitriles is 2. The van der Waals surface area contributed by atoms with Gasteiger partial charge in [0.15, 0.2) is 0 Å². The molecule has 0 radical (unpaired) electrons. The Kier molecular flexibility index (Phi) is 4.59. The lowest BCUT2D eigenvalue weighted by Gasteiger charge is -2.11. The van der Waals surface area contributed by atoms with Gasteiger partial charge < -0.3 is 5.73 Å². The Morgan fingerprint density at radius 2 is 1.60 bits per heavy atom. The summed E-state index contributed by atoms with van der Waals surface area (Å²) in [5, 5.41) is 19.4. The molecule has 6 heteroatoms. The lowest BCUT2D eigenvalue weighted by atomic mass is 9.97. The molecule has 1 aromatic heterocycles. The van der Waals surface area contributed by atoms with Crippen molar-refractivity contribution < 1.29 is 0 Å². The smallest absolute Gasteiger partial charge is 0.142 e. The summed E-state index contributed by atoms with van der Waals surface area (Å²) >= 11 is 12.3. The van der Waals surface area contributed by atoms with Crippen molar-refractivity contribution in [3.05, 3.63) is 69.7 Å². The van der Waals surface area contributed by atoms with Crippen LogP contribution in [-0.4, -0.2) is 4.98 Å². The molecule has 0 saturated carbocycles. The first kappa shape index (κ1) is 16.8. The summed E-state index contributed by atoms with van der Waals surface area (Å²) in [5.41, 5.74) is 9.30. The monoisotopic (exact) mass is 364 g/mol. The fourth-order valence-electron chi connectivity index (χ4n) is 2.47. The SMILES string of the molecule is N#Cc1ccc(-c2cc(-c3cc(Cl)ccc3Cl)nc(N)c2C#N)cc1. The molecule has 0 aliphatic rings. The molecule has 0 spiro atoms. The van der Waals surface area contributed by atoms with E-state index in [0.29, 0.717) is 32.4 Å². The van der Waals surface area contributed by atoms with Gasteiger partial charge >= 0.3 is 0 Å². The van der Waals surface area contributed by atoms with Crippen LogP contribution < -0.4 is 5.73 Å². The predicted molar refractivity (Wildman–Crippen MR) is 99.0 cm³/mol. The average Bonchev–Trinajstić information content (AvgIpc) is 2.63. The summed E-state index contributed by atoms with van der Waals surface area (Å²) in [6.07, 6.45) is 0. The normalized spacial score (nSPS) is 10.1. The minimum atomic E-state index is 0.107. The third-order valence-corrected chi connectivity index (χ3v) is 4.25. The lowest BCUT2D eigenvalue weighted by molar-refractivity contribution is 1.31. The zero-order valence-corrected chi connectivity index (χ0v) is 14.3. The number of halogens is 2. The van der Waals surface area contributed by atoms with Crippen LogP contribution in [-0.2, 0) is 0 Å². The summed E-state index contributed by atoms with van der Waals surface area (Å²) in [4.78, 5) is 4.30. The minimum Gasteiger partial charge on any atom is -0.383 e. The fraction of sp³-hybridized carbons (Fsp3) is 0. The summed E-state index contributed by atoms with van der Waals surface area (Å²) < 4.78 is 0. The van der Waals surface area contributed by atoms with Gasteiger partial charge in [0.2, 0.25) is 0 Å². The quantitative estimate of drug-likeness (QED) is 0.689. The number of nitrogens with two attached hydrogens (primary N) is 1. The van der Waals surface area contributed by atoms with Crippen molar-refractivity contribution in [2.24, 2.45) is 0 Å². The number of anilines is 1. The van der Waals surface area contributed by atoms with Gasteiger partial charge in [-0.2, -0.15) is 10.5 Å². The van der Waals surface area contributed by atoms with Gasteiger partial charge in [0.1, 0.15) is 17.5 Å². The second kappa shape index (κ2) is 6.83. The molecule has 0 unspecified atom stereocenters. The molecule has 0 amide bonds. The second-order valence-electron chi connectivity index (χ2n) is 5.24. The molecule has 2 aromatic carbocycles. The largest absolute Gasteiger partial charge is 0.383 e. The topological polar surface area (TPSA) is 86.5 Å². The molecule has 0 fully saturated rings. The molecular formula is C19H10Cl2N4. The van der Waals surface area contributed by atoms with E-state index in [1.54, 1.807) is 48.5 Å². The van der Waals surface area contributed by atoms with Crippen LogP contribution in [0, 0.1) is 22.7 Å². The third-order valence-electron chi connectivity index (χ3n) is 3.69. The Morgan fingerprint density at radius 1 is 0.880 bits per heavy atom. The molecular weight excluding hydrogens is 355 g/mol. The van der Waals surface area contributed by atoms with Crippen LogP contribution in [0.3, 0.4) is 0 Å².